The van der Waals surface area contributed by atoms with E-state index < -0.39 is 12.0 Å². The molecule has 0 bridgehead atoms. The van der Waals surface area contributed by atoms with E-state index in [1.54, 1.807) is 19.9 Å². The number of esters is 1. The molecule has 0 radical (unpaired) electrons. The summed E-state index contributed by atoms with van der Waals surface area (Å²) in [4.78, 5) is 22.8. The molecule has 0 spiro atoms. The molecule has 20 heavy (non-hydrogen) atoms. The van der Waals surface area contributed by atoms with Crippen molar-refractivity contribution in [3.8, 4) is 0 Å². The summed E-state index contributed by atoms with van der Waals surface area (Å²) in [6, 6.07) is 1.00. The Morgan fingerprint density at radius 3 is 2.95 bits per heavy atom. The second-order valence-electron chi connectivity index (χ2n) is 4.07. The summed E-state index contributed by atoms with van der Waals surface area (Å²) in [7, 11) is 0. The highest BCUT2D eigenvalue weighted by molar-refractivity contribution is 7.99. The smallest absolute Gasteiger partial charge is 0.322 e. The average Bonchev–Trinajstić information content (AvgIpc) is 2.80. The maximum atomic E-state index is 11.6. The molecule has 0 fully saturated rings. The van der Waals surface area contributed by atoms with Crippen LogP contribution in [0.15, 0.2) is 10.6 Å². The minimum Gasteiger partial charge on any atom is -0.465 e. The van der Waals surface area contributed by atoms with Crippen LogP contribution in [0.2, 0.25) is 0 Å². The zero-order valence-corrected chi connectivity index (χ0v) is 12.4. The van der Waals surface area contributed by atoms with Gasteiger partial charge in [0.2, 0.25) is 5.91 Å². The standard InChI is InChI=1S/C12H19N3O4S/c1-3-18-12(17)9(13)4-5-20-7-11(16)14-10-6-8(2)19-15-10/h6,9H,3-5,7,13H2,1-2H3,(H,14,15,16). The number of nitrogens with two attached hydrogens (primary N) is 1. The van der Waals surface area contributed by atoms with E-state index in [0.29, 0.717) is 30.4 Å². The van der Waals surface area contributed by atoms with Crippen molar-refractivity contribution in [1.29, 1.82) is 0 Å². The van der Waals surface area contributed by atoms with Crippen LogP contribution in [0.5, 0.6) is 0 Å². The zero-order valence-electron chi connectivity index (χ0n) is 11.5. The predicted octanol–water partition coefficient (Wildman–Crippen LogP) is 0.935. The first kappa shape index (κ1) is 16.5. The molecule has 0 aliphatic carbocycles. The molecule has 1 unspecified atom stereocenters. The Hall–Kier alpha value is -1.54. The van der Waals surface area contributed by atoms with Crippen molar-refractivity contribution in [3.05, 3.63) is 11.8 Å². The second-order valence-corrected chi connectivity index (χ2v) is 5.18. The molecule has 0 aliphatic heterocycles. The van der Waals surface area contributed by atoms with Crippen LogP contribution in [0.3, 0.4) is 0 Å². The summed E-state index contributed by atoms with van der Waals surface area (Å²) >= 11 is 1.39. The molecular weight excluding hydrogens is 282 g/mol. The average molecular weight is 301 g/mol. The molecule has 0 saturated carbocycles. The molecule has 3 N–H and O–H groups in total. The highest BCUT2D eigenvalue weighted by Crippen LogP contribution is 2.09. The Bertz CT molecular complexity index is 450. The fourth-order valence-electron chi connectivity index (χ4n) is 1.35. The van der Waals surface area contributed by atoms with Crippen LogP contribution in [-0.4, -0.2) is 41.2 Å². The first-order chi connectivity index (χ1) is 9.52. The van der Waals surface area contributed by atoms with Crippen molar-refractivity contribution in [2.45, 2.75) is 26.3 Å². The van der Waals surface area contributed by atoms with Gasteiger partial charge in [-0.05, 0) is 26.0 Å². The fraction of sp³-hybridized carbons (Fsp3) is 0.583. The number of nitrogens with zero attached hydrogens (tertiary/aromatic N) is 1. The topological polar surface area (TPSA) is 107 Å². The van der Waals surface area contributed by atoms with Crippen molar-refractivity contribution < 1.29 is 18.8 Å². The number of nitrogens with one attached hydrogen (secondary N) is 1. The van der Waals surface area contributed by atoms with Crippen molar-refractivity contribution in [2.75, 3.05) is 23.4 Å². The highest BCUT2D eigenvalue weighted by atomic mass is 32.2. The van der Waals surface area contributed by atoms with E-state index in [9.17, 15) is 9.59 Å². The number of carbonyl (C=O) groups is 2. The summed E-state index contributed by atoms with van der Waals surface area (Å²) < 4.78 is 9.62. The maximum absolute atomic E-state index is 11.6. The number of rotatable bonds is 8. The molecule has 1 amide bonds. The Kier molecular flexibility index (Phi) is 7.10. The summed E-state index contributed by atoms with van der Waals surface area (Å²) in [5.41, 5.74) is 5.64. The monoisotopic (exact) mass is 301 g/mol. The molecule has 1 heterocycles. The molecule has 7 nitrogen and oxygen atoms in total. The van der Waals surface area contributed by atoms with E-state index in [1.165, 1.54) is 11.8 Å². The molecule has 1 rings (SSSR count). The van der Waals surface area contributed by atoms with Gasteiger partial charge in [-0.2, -0.15) is 11.8 Å². The molecule has 0 aromatic carbocycles. The van der Waals surface area contributed by atoms with Gasteiger partial charge in [-0.25, -0.2) is 0 Å². The lowest BCUT2D eigenvalue weighted by molar-refractivity contribution is -0.144. The van der Waals surface area contributed by atoms with Crippen LogP contribution < -0.4 is 11.1 Å². The third kappa shape index (κ3) is 6.07. The lowest BCUT2D eigenvalue weighted by Gasteiger charge is -2.09. The SMILES string of the molecule is CCOC(=O)C(N)CCSCC(=O)Nc1cc(C)on1. The van der Waals surface area contributed by atoms with Crippen molar-refractivity contribution in [2.24, 2.45) is 5.73 Å². The molecule has 1 aromatic heterocycles. The molecule has 0 saturated heterocycles. The van der Waals surface area contributed by atoms with Gasteiger partial charge in [0.1, 0.15) is 11.8 Å². The molecule has 0 aliphatic rings. The van der Waals surface area contributed by atoms with Crippen molar-refractivity contribution >= 4 is 29.5 Å². The normalized spacial score (nSPS) is 11.9. The summed E-state index contributed by atoms with van der Waals surface area (Å²) in [5, 5.41) is 6.26. The fourth-order valence-corrected chi connectivity index (χ4v) is 2.17. The third-order valence-electron chi connectivity index (χ3n) is 2.29. The van der Waals surface area contributed by atoms with Gasteiger partial charge in [0.15, 0.2) is 5.82 Å². The first-order valence-electron chi connectivity index (χ1n) is 6.26. The van der Waals surface area contributed by atoms with Crippen LogP contribution in [0.4, 0.5) is 5.82 Å². The van der Waals surface area contributed by atoms with Gasteiger partial charge in [0.25, 0.3) is 0 Å². The third-order valence-corrected chi connectivity index (χ3v) is 3.28. The highest BCUT2D eigenvalue weighted by Gasteiger charge is 2.14. The van der Waals surface area contributed by atoms with Gasteiger partial charge in [-0.3, -0.25) is 9.59 Å². The first-order valence-corrected chi connectivity index (χ1v) is 7.41. The molecule has 1 atom stereocenters. The minimum absolute atomic E-state index is 0.173. The summed E-state index contributed by atoms with van der Waals surface area (Å²) in [6.07, 6.45) is 0.472. The van der Waals surface area contributed by atoms with Crippen LogP contribution >= 0.6 is 11.8 Å². The molecule has 1 aromatic rings. The lowest BCUT2D eigenvalue weighted by atomic mass is 10.2. The number of anilines is 1. The number of aromatic nitrogens is 1. The number of carbonyl (C=O) groups excluding carboxylic acids is 2. The zero-order chi connectivity index (χ0) is 15.0. The lowest BCUT2D eigenvalue weighted by Crippen LogP contribution is -2.32. The largest absolute Gasteiger partial charge is 0.465 e. The van der Waals surface area contributed by atoms with Crippen LogP contribution in [0, 0.1) is 6.92 Å². The van der Waals surface area contributed by atoms with Gasteiger partial charge in [-0.1, -0.05) is 5.16 Å². The van der Waals surface area contributed by atoms with E-state index in [2.05, 4.69) is 10.5 Å². The Balaban J connectivity index is 2.14. The van der Waals surface area contributed by atoms with Gasteiger partial charge in [-0.15, -0.1) is 0 Å². The number of amides is 1. The summed E-state index contributed by atoms with van der Waals surface area (Å²) in [5.74, 6) is 1.32. The van der Waals surface area contributed by atoms with Crippen LogP contribution in [0.1, 0.15) is 19.1 Å². The van der Waals surface area contributed by atoms with Crippen molar-refractivity contribution in [3.63, 3.8) is 0 Å². The van der Waals surface area contributed by atoms with E-state index in [1.807, 2.05) is 0 Å². The summed E-state index contributed by atoms with van der Waals surface area (Å²) in [6.45, 7) is 3.79. The maximum Gasteiger partial charge on any atom is 0.322 e. The van der Waals surface area contributed by atoms with Crippen LogP contribution in [-0.2, 0) is 14.3 Å². The number of aryl methyl sites for hydroxylation is 1. The number of hydrogen-bond acceptors (Lipinski definition) is 7. The molecule has 8 heteroatoms. The van der Waals surface area contributed by atoms with Crippen LogP contribution in [0.25, 0.3) is 0 Å². The quantitative estimate of drug-likeness (QED) is 0.543. The molecule has 112 valence electrons. The van der Waals surface area contributed by atoms with E-state index >= 15 is 0 Å². The van der Waals surface area contributed by atoms with E-state index in [4.69, 9.17) is 15.0 Å². The van der Waals surface area contributed by atoms with E-state index in [-0.39, 0.29) is 11.7 Å². The Morgan fingerprint density at radius 2 is 2.35 bits per heavy atom. The second kappa shape index (κ2) is 8.60. The van der Waals surface area contributed by atoms with E-state index in [0.717, 1.165) is 0 Å². The number of hydrogen-bond donors (Lipinski definition) is 2. The Morgan fingerprint density at radius 1 is 1.60 bits per heavy atom. The van der Waals surface area contributed by atoms with Gasteiger partial charge in [0.05, 0.1) is 12.4 Å². The van der Waals surface area contributed by atoms with Gasteiger partial charge >= 0.3 is 5.97 Å². The Labute approximate surface area is 121 Å². The number of thioether (sulfide) groups is 1. The van der Waals surface area contributed by atoms with Gasteiger partial charge in [0, 0.05) is 6.07 Å². The minimum atomic E-state index is -0.635. The molecular formula is C12H19N3O4S. The predicted molar refractivity (Wildman–Crippen MR) is 76.4 cm³/mol. The van der Waals surface area contributed by atoms with Crippen molar-refractivity contribution in [1.82, 2.24) is 5.16 Å². The number of ether oxygens (including phenoxy) is 1. The van der Waals surface area contributed by atoms with Gasteiger partial charge < -0.3 is 20.3 Å².